The van der Waals surface area contributed by atoms with E-state index < -0.39 is 35.1 Å². The molecule has 2 N–H and O–H groups in total. The summed E-state index contributed by atoms with van der Waals surface area (Å²) in [5.41, 5.74) is 0.617. The molecule has 32 heavy (non-hydrogen) atoms. The van der Waals surface area contributed by atoms with Crippen molar-refractivity contribution in [3.05, 3.63) is 29.3 Å². The largest absolute Gasteiger partial charge is 0.469 e. The average molecular weight is 440 g/mol. The standard InChI is InChI=1S/C22H24N4O6/c1-32-21(31)22-6-7-23-9-12(22)10-25(11-22)13-2-3-14-15(8-13)20(30)26(19(14)29)16-4-5-17(27)24-18(16)28/h2-3,8,12,16,23H,4-7,9-11H2,1H3,(H,24,27,28). The predicted octanol–water partition coefficient (Wildman–Crippen LogP) is -0.323. The van der Waals surface area contributed by atoms with Crippen LogP contribution in [0.25, 0.3) is 0 Å². The number of nitrogens with zero attached hydrogens (tertiary/aromatic N) is 2. The maximum atomic E-state index is 13.1. The van der Waals surface area contributed by atoms with Crippen molar-refractivity contribution in [1.29, 1.82) is 0 Å². The van der Waals surface area contributed by atoms with Crippen molar-refractivity contribution in [2.24, 2.45) is 11.3 Å². The Hall–Kier alpha value is -3.27. The van der Waals surface area contributed by atoms with E-state index in [2.05, 4.69) is 15.5 Å². The molecule has 0 saturated carbocycles. The van der Waals surface area contributed by atoms with Crippen LogP contribution < -0.4 is 15.5 Å². The molecule has 168 valence electrons. The number of carbonyl (C=O) groups is 5. The van der Waals surface area contributed by atoms with Gasteiger partial charge in [-0.25, -0.2) is 0 Å². The molecule has 5 rings (SSSR count). The molecule has 4 amide bonds. The van der Waals surface area contributed by atoms with E-state index in [1.807, 2.05) is 0 Å². The molecular weight excluding hydrogens is 416 g/mol. The van der Waals surface area contributed by atoms with Crippen LogP contribution in [-0.4, -0.2) is 73.8 Å². The normalized spacial score (nSPS) is 29.7. The topological polar surface area (TPSA) is 125 Å². The van der Waals surface area contributed by atoms with E-state index in [0.717, 1.165) is 17.1 Å². The number of nitrogens with one attached hydrogen (secondary N) is 2. The second kappa shape index (κ2) is 7.40. The van der Waals surface area contributed by atoms with Crippen LogP contribution in [0.15, 0.2) is 18.2 Å². The lowest BCUT2D eigenvalue weighted by Crippen LogP contribution is -2.54. The summed E-state index contributed by atoms with van der Waals surface area (Å²) in [4.78, 5) is 65.4. The zero-order valence-electron chi connectivity index (χ0n) is 17.7. The fraction of sp³-hybridized carbons (Fsp3) is 0.500. The van der Waals surface area contributed by atoms with Gasteiger partial charge in [0.15, 0.2) is 0 Å². The highest BCUT2D eigenvalue weighted by Crippen LogP contribution is 2.44. The summed E-state index contributed by atoms with van der Waals surface area (Å²) in [6, 6.07) is 4.04. The highest BCUT2D eigenvalue weighted by atomic mass is 16.5. The number of esters is 1. The molecule has 1 aromatic rings. The van der Waals surface area contributed by atoms with Gasteiger partial charge in [0.2, 0.25) is 11.8 Å². The van der Waals surface area contributed by atoms with E-state index in [-0.39, 0.29) is 35.9 Å². The van der Waals surface area contributed by atoms with Gasteiger partial charge in [0.05, 0.1) is 23.7 Å². The maximum absolute atomic E-state index is 13.1. The van der Waals surface area contributed by atoms with Crippen molar-refractivity contribution in [1.82, 2.24) is 15.5 Å². The molecule has 0 spiro atoms. The van der Waals surface area contributed by atoms with Gasteiger partial charge < -0.3 is 15.0 Å². The number of fused-ring (bicyclic) bond motifs is 2. The molecular formula is C22H24N4O6. The summed E-state index contributed by atoms with van der Waals surface area (Å²) in [6.45, 7) is 2.54. The minimum atomic E-state index is -0.994. The third-order valence-electron chi connectivity index (χ3n) is 7.21. The quantitative estimate of drug-likeness (QED) is 0.484. The van der Waals surface area contributed by atoms with Gasteiger partial charge in [-0.3, -0.25) is 34.2 Å². The number of ether oxygens (including phenoxy) is 1. The Bertz CT molecular complexity index is 1050. The number of amides is 4. The molecule has 3 saturated heterocycles. The summed E-state index contributed by atoms with van der Waals surface area (Å²) in [7, 11) is 1.40. The predicted molar refractivity (Wildman–Crippen MR) is 111 cm³/mol. The van der Waals surface area contributed by atoms with Crippen molar-refractivity contribution in [3.8, 4) is 0 Å². The third kappa shape index (κ3) is 2.93. The van der Waals surface area contributed by atoms with Crippen LogP contribution in [0.3, 0.4) is 0 Å². The van der Waals surface area contributed by atoms with Gasteiger partial charge in [-0.2, -0.15) is 0 Å². The van der Waals surface area contributed by atoms with Gasteiger partial charge in [-0.15, -0.1) is 0 Å². The molecule has 3 atom stereocenters. The van der Waals surface area contributed by atoms with Gasteiger partial charge in [-0.05, 0) is 37.6 Å². The first kappa shape index (κ1) is 20.6. The minimum absolute atomic E-state index is 0.0773. The monoisotopic (exact) mass is 440 g/mol. The smallest absolute Gasteiger partial charge is 0.314 e. The van der Waals surface area contributed by atoms with Crippen molar-refractivity contribution < 1.29 is 28.7 Å². The second-order valence-electron chi connectivity index (χ2n) is 8.86. The molecule has 4 heterocycles. The lowest BCUT2D eigenvalue weighted by atomic mass is 9.73. The lowest BCUT2D eigenvalue weighted by Gasteiger charge is -2.35. The van der Waals surface area contributed by atoms with Gasteiger partial charge in [0.1, 0.15) is 6.04 Å². The van der Waals surface area contributed by atoms with E-state index in [1.54, 1.807) is 18.2 Å². The molecule has 1 aromatic carbocycles. The lowest BCUT2D eigenvalue weighted by molar-refractivity contribution is -0.155. The van der Waals surface area contributed by atoms with E-state index in [4.69, 9.17) is 4.74 Å². The van der Waals surface area contributed by atoms with Crippen LogP contribution in [0.4, 0.5) is 5.69 Å². The van der Waals surface area contributed by atoms with Gasteiger partial charge in [0, 0.05) is 37.7 Å². The fourth-order valence-electron chi connectivity index (χ4n) is 5.49. The molecule has 0 bridgehead atoms. The number of hydrogen-bond acceptors (Lipinski definition) is 8. The first-order valence-electron chi connectivity index (χ1n) is 10.8. The molecule has 0 aliphatic carbocycles. The number of imide groups is 2. The number of carbonyl (C=O) groups excluding carboxylic acids is 5. The number of anilines is 1. The van der Waals surface area contributed by atoms with Gasteiger partial charge in [-0.1, -0.05) is 0 Å². The zero-order chi connectivity index (χ0) is 22.6. The maximum Gasteiger partial charge on any atom is 0.314 e. The number of piperidine rings is 2. The SMILES string of the molecule is COC(=O)C12CCNCC1CN(c1ccc3c(c1)C(=O)N(C1CCC(=O)NC1=O)C3=O)C2. The summed E-state index contributed by atoms with van der Waals surface area (Å²) < 4.78 is 5.12. The second-order valence-corrected chi connectivity index (χ2v) is 8.86. The summed E-state index contributed by atoms with van der Waals surface area (Å²) >= 11 is 0. The Morgan fingerprint density at radius 2 is 1.94 bits per heavy atom. The Morgan fingerprint density at radius 3 is 2.69 bits per heavy atom. The van der Waals surface area contributed by atoms with E-state index >= 15 is 0 Å². The highest BCUT2D eigenvalue weighted by molar-refractivity contribution is 6.23. The summed E-state index contributed by atoms with van der Waals surface area (Å²) in [5, 5.41) is 5.53. The minimum Gasteiger partial charge on any atom is -0.469 e. The Kier molecular flexibility index (Phi) is 4.77. The molecule has 10 heteroatoms. The molecule has 3 unspecified atom stereocenters. The molecule has 0 aromatic heterocycles. The molecule has 4 aliphatic heterocycles. The molecule has 3 fully saturated rings. The first-order valence-corrected chi connectivity index (χ1v) is 10.8. The molecule has 0 radical (unpaired) electrons. The number of rotatable bonds is 3. The van der Waals surface area contributed by atoms with E-state index in [1.165, 1.54) is 7.11 Å². The summed E-state index contributed by atoms with van der Waals surface area (Å²) in [6.07, 6.45) is 0.867. The first-order chi connectivity index (χ1) is 15.4. The number of benzene rings is 1. The van der Waals surface area contributed by atoms with Crippen molar-refractivity contribution in [3.63, 3.8) is 0 Å². The highest BCUT2D eigenvalue weighted by Gasteiger charge is 2.54. The van der Waals surface area contributed by atoms with Crippen LogP contribution in [0.2, 0.25) is 0 Å². The van der Waals surface area contributed by atoms with Gasteiger partial charge >= 0.3 is 5.97 Å². The van der Waals surface area contributed by atoms with Gasteiger partial charge in [0.25, 0.3) is 11.8 Å². The Morgan fingerprint density at radius 1 is 1.16 bits per heavy atom. The fourth-order valence-corrected chi connectivity index (χ4v) is 5.49. The van der Waals surface area contributed by atoms with Crippen LogP contribution in [0.1, 0.15) is 40.0 Å². The Balaban J connectivity index is 1.43. The Labute approximate surface area is 184 Å². The van der Waals surface area contributed by atoms with Crippen LogP contribution in [0, 0.1) is 11.3 Å². The number of hydrogen-bond donors (Lipinski definition) is 2. The van der Waals surface area contributed by atoms with Crippen LogP contribution in [0.5, 0.6) is 0 Å². The number of methoxy groups -OCH3 is 1. The molecule has 10 nitrogen and oxygen atoms in total. The van der Waals surface area contributed by atoms with Crippen molar-refractivity contribution >= 4 is 35.3 Å². The molecule has 4 aliphatic rings. The average Bonchev–Trinajstić information content (AvgIpc) is 3.30. The van der Waals surface area contributed by atoms with Crippen LogP contribution >= 0.6 is 0 Å². The van der Waals surface area contributed by atoms with Crippen molar-refractivity contribution in [2.75, 3.05) is 38.2 Å². The van der Waals surface area contributed by atoms with E-state index in [9.17, 15) is 24.0 Å². The third-order valence-corrected chi connectivity index (χ3v) is 7.21. The van der Waals surface area contributed by atoms with Crippen LogP contribution in [-0.2, 0) is 19.1 Å². The summed E-state index contributed by atoms with van der Waals surface area (Å²) in [5.74, 6) is -2.25. The van der Waals surface area contributed by atoms with Crippen molar-refractivity contribution in [2.45, 2.75) is 25.3 Å². The zero-order valence-corrected chi connectivity index (χ0v) is 17.7. The van der Waals surface area contributed by atoms with E-state index in [0.29, 0.717) is 26.1 Å².